The van der Waals surface area contributed by atoms with Crippen LogP contribution in [0, 0.1) is 17.0 Å². The fraction of sp³-hybridized carbons (Fsp3) is 0.222. The number of nitrogens with zero attached hydrogens (tertiary/aromatic N) is 4. The second-order valence-corrected chi connectivity index (χ2v) is 6.15. The van der Waals surface area contributed by atoms with Crippen molar-refractivity contribution >= 4 is 17.4 Å². The number of rotatable bonds is 6. The predicted octanol–water partition coefficient (Wildman–Crippen LogP) is 2.38. The maximum Gasteiger partial charge on any atom is 0.270 e. The number of non-ortho nitro benzene ring substituents is 1. The molecule has 2 heterocycles. The lowest BCUT2D eigenvalue weighted by molar-refractivity contribution is -0.384. The van der Waals surface area contributed by atoms with E-state index in [-0.39, 0.29) is 28.6 Å². The van der Waals surface area contributed by atoms with E-state index in [1.54, 1.807) is 13.0 Å². The lowest BCUT2D eigenvalue weighted by Gasteiger charge is -2.09. The summed E-state index contributed by atoms with van der Waals surface area (Å²) in [6.07, 6.45) is 1.46. The molecule has 0 aliphatic carbocycles. The Morgan fingerprint density at radius 2 is 2.11 bits per heavy atom. The highest BCUT2D eigenvalue weighted by atomic mass is 16.6. The SMILES string of the molecule is CCCc1cc(=O)[nH]c(-n2nc(C)cc2NC(=O)c2cccc([N+](=O)[O-])c2)n1. The molecule has 0 fully saturated rings. The number of hydrogen-bond acceptors (Lipinski definition) is 6. The quantitative estimate of drug-likeness (QED) is 0.496. The lowest BCUT2D eigenvalue weighted by atomic mass is 10.2. The molecule has 2 N–H and O–H groups in total. The molecule has 144 valence electrons. The minimum absolute atomic E-state index is 0.126. The fourth-order valence-corrected chi connectivity index (χ4v) is 2.68. The van der Waals surface area contributed by atoms with Crippen molar-refractivity contribution in [3.8, 4) is 5.95 Å². The first kappa shape index (κ1) is 19.0. The van der Waals surface area contributed by atoms with Gasteiger partial charge in [-0.1, -0.05) is 19.4 Å². The van der Waals surface area contributed by atoms with Crippen molar-refractivity contribution in [3.63, 3.8) is 0 Å². The Labute approximate surface area is 159 Å². The van der Waals surface area contributed by atoms with Gasteiger partial charge >= 0.3 is 0 Å². The molecular formula is C18H18N6O4. The molecule has 0 atom stereocenters. The van der Waals surface area contributed by atoms with Crippen LogP contribution in [-0.4, -0.2) is 30.6 Å². The monoisotopic (exact) mass is 382 g/mol. The summed E-state index contributed by atoms with van der Waals surface area (Å²) >= 11 is 0. The van der Waals surface area contributed by atoms with Crippen LogP contribution in [0.3, 0.4) is 0 Å². The molecule has 0 aliphatic rings. The van der Waals surface area contributed by atoms with Gasteiger partial charge in [-0.3, -0.25) is 24.7 Å². The van der Waals surface area contributed by atoms with Crippen LogP contribution in [0.5, 0.6) is 0 Å². The number of nitrogens with one attached hydrogen (secondary N) is 2. The Hall–Kier alpha value is -3.82. The molecule has 28 heavy (non-hydrogen) atoms. The van der Waals surface area contributed by atoms with E-state index in [2.05, 4.69) is 20.4 Å². The number of nitro benzene ring substituents is 1. The van der Waals surface area contributed by atoms with Crippen molar-refractivity contribution in [2.24, 2.45) is 0 Å². The lowest BCUT2D eigenvalue weighted by Crippen LogP contribution is -2.19. The van der Waals surface area contributed by atoms with Gasteiger partial charge in [0.05, 0.1) is 10.6 Å². The van der Waals surface area contributed by atoms with Gasteiger partial charge < -0.3 is 5.32 Å². The molecule has 2 aromatic heterocycles. The summed E-state index contributed by atoms with van der Waals surface area (Å²) < 4.78 is 1.32. The molecule has 3 rings (SSSR count). The van der Waals surface area contributed by atoms with Gasteiger partial charge in [0.25, 0.3) is 17.2 Å². The summed E-state index contributed by atoms with van der Waals surface area (Å²) in [6.45, 7) is 3.71. The zero-order valence-electron chi connectivity index (χ0n) is 15.3. The van der Waals surface area contributed by atoms with Crippen molar-refractivity contribution in [1.29, 1.82) is 0 Å². The number of hydrogen-bond donors (Lipinski definition) is 2. The molecule has 10 heteroatoms. The summed E-state index contributed by atoms with van der Waals surface area (Å²) in [6, 6.07) is 8.43. The molecule has 1 aromatic carbocycles. The first-order chi connectivity index (χ1) is 13.4. The van der Waals surface area contributed by atoms with Gasteiger partial charge in [-0.05, 0) is 19.4 Å². The molecule has 0 radical (unpaired) electrons. The third-order valence-electron chi connectivity index (χ3n) is 3.88. The number of aryl methyl sites for hydroxylation is 2. The molecule has 0 unspecified atom stereocenters. The summed E-state index contributed by atoms with van der Waals surface area (Å²) in [5.74, 6) is -0.0823. The molecule has 3 aromatic rings. The van der Waals surface area contributed by atoms with E-state index in [1.807, 2.05) is 6.92 Å². The maximum atomic E-state index is 12.6. The van der Waals surface area contributed by atoms with Crippen LogP contribution in [-0.2, 0) is 6.42 Å². The normalized spacial score (nSPS) is 10.6. The Morgan fingerprint density at radius 1 is 1.32 bits per heavy atom. The molecular weight excluding hydrogens is 364 g/mol. The standard InChI is InChI=1S/C18H18N6O4/c1-3-5-13-10-16(25)21-18(19-13)23-15(8-11(2)22-23)20-17(26)12-6-4-7-14(9-12)24(27)28/h4,6-10H,3,5H2,1-2H3,(H,20,26)(H,19,21,25). The summed E-state index contributed by atoms with van der Waals surface area (Å²) in [5.41, 5.74) is 0.831. The largest absolute Gasteiger partial charge is 0.306 e. The van der Waals surface area contributed by atoms with Crippen LogP contribution in [0.2, 0.25) is 0 Å². The number of aromatic nitrogens is 4. The van der Waals surface area contributed by atoms with E-state index in [1.165, 1.54) is 35.0 Å². The molecule has 0 spiro atoms. The highest BCUT2D eigenvalue weighted by molar-refractivity contribution is 6.04. The number of aromatic amines is 1. The average molecular weight is 382 g/mol. The van der Waals surface area contributed by atoms with Crippen LogP contribution in [0.1, 0.15) is 35.1 Å². The van der Waals surface area contributed by atoms with Crippen LogP contribution in [0.15, 0.2) is 41.2 Å². The average Bonchev–Trinajstić information content (AvgIpc) is 3.02. The second-order valence-electron chi connectivity index (χ2n) is 6.15. The smallest absolute Gasteiger partial charge is 0.270 e. The Balaban J connectivity index is 1.95. The Bertz CT molecular complexity index is 1100. The van der Waals surface area contributed by atoms with Crippen molar-refractivity contribution < 1.29 is 9.72 Å². The van der Waals surface area contributed by atoms with E-state index in [0.717, 1.165) is 6.42 Å². The number of H-pyrrole nitrogens is 1. The maximum absolute atomic E-state index is 12.6. The van der Waals surface area contributed by atoms with E-state index in [9.17, 15) is 19.7 Å². The molecule has 0 saturated heterocycles. The molecule has 0 saturated carbocycles. The Kier molecular flexibility index (Phi) is 5.30. The zero-order chi connectivity index (χ0) is 20.3. The van der Waals surface area contributed by atoms with Crippen LogP contribution < -0.4 is 10.9 Å². The summed E-state index contributed by atoms with van der Waals surface area (Å²) in [4.78, 5) is 41.8. The number of benzene rings is 1. The minimum Gasteiger partial charge on any atom is -0.306 e. The predicted molar refractivity (Wildman–Crippen MR) is 102 cm³/mol. The van der Waals surface area contributed by atoms with E-state index in [4.69, 9.17) is 0 Å². The van der Waals surface area contributed by atoms with Gasteiger partial charge in [0, 0.05) is 35.5 Å². The van der Waals surface area contributed by atoms with Gasteiger partial charge in [-0.15, -0.1) is 0 Å². The van der Waals surface area contributed by atoms with Crippen LogP contribution >= 0.6 is 0 Å². The number of nitro groups is 1. The van der Waals surface area contributed by atoms with Crippen LogP contribution in [0.25, 0.3) is 5.95 Å². The van der Waals surface area contributed by atoms with Gasteiger partial charge in [0.15, 0.2) is 0 Å². The topological polar surface area (TPSA) is 136 Å². The second kappa shape index (κ2) is 7.82. The number of amides is 1. The van der Waals surface area contributed by atoms with Gasteiger partial charge in [-0.2, -0.15) is 9.78 Å². The van der Waals surface area contributed by atoms with E-state index in [0.29, 0.717) is 17.8 Å². The third-order valence-corrected chi connectivity index (χ3v) is 3.88. The molecule has 0 bridgehead atoms. The van der Waals surface area contributed by atoms with E-state index < -0.39 is 10.8 Å². The summed E-state index contributed by atoms with van der Waals surface area (Å²) in [7, 11) is 0. The van der Waals surface area contributed by atoms with Gasteiger partial charge in [0.2, 0.25) is 5.95 Å². The fourth-order valence-electron chi connectivity index (χ4n) is 2.68. The highest BCUT2D eigenvalue weighted by Gasteiger charge is 2.16. The van der Waals surface area contributed by atoms with E-state index >= 15 is 0 Å². The first-order valence-electron chi connectivity index (χ1n) is 8.60. The minimum atomic E-state index is -0.570. The first-order valence-corrected chi connectivity index (χ1v) is 8.60. The summed E-state index contributed by atoms with van der Waals surface area (Å²) in [5, 5.41) is 17.8. The zero-order valence-corrected chi connectivity index (χ0v) is 15.3. The number of anilines is 1. The number of carbonyl (C=O) groups is 1. The van der Waals surface area contributed by atoms with Crippen molar-refractivity contribution in [3.05, 3.63) is 73.8 Å². The third kappa shape index (κ3) is 4.11. The van der Waals surface area contributed by atoms with Crippen molar-refractivity contribution in [2.45, 2.75) is 26.7 Å². The van der Waals surface area contributed by atoms with Crippen molar-refractivity contribution in [2.75, 3.05) is 5.32 Å². The van der Waals surface area contributed by atoms with Gasteiger partial charge in [-0.25, -0.2) is 4.98 Å². The molecule has 0 aliphatic heterocycles. The Morgan fingerprint density at radius 3 is 2.82 bits per heavy atom. The van der Waals surface area contributed by atoms with Crippen LogP contribution in [0.4, 0.5) is 11.5 Å². The molecule has 1 amide bonds. The highest BCUT2D eigenvalue weighted by Crippen LogP contribution is 2.18. The molecule has 10 nitrogen and oxygen atoms in total. The van der Waals surface area contributed by atoms with Gasteiger partial charge in [0.1, 0.15) is 5.82 Å². The van der Waals surface area contributed by atoms with Crippen molar-refractivity contribution in [1.82, 2.24) is 19.7 Å². The number of carbonyl (C=O) groups excluding carboxylic acids is 1.